The number of benzene rings is 1. The van der Waals surface area contributed by atoms with E-state index in [9.17, 15) is 4.79 Å². The van der Waals surface area contributed by atoms with E-state index < -0.39 is 0 Å². The van der Waals surface area contributed by atoms with Crippen LogP contribution >= 0.6 is 0 Å². The lowest BCUT2D eigenvalue weighted by molar-refractivity contribution is 0.439. The molecule has 1 aromatic carbocycles. The number of fused-ring (bicyclic) bond motifs is 1. The molecule has 1 unspecified atom stereocenters. The number of hydrogen-bond acceptors (Lipinski definition) is 4. The summed E-state index contributed by atoms with van der Waals surface area (Å²) in [5, 5.41) is 8.20. The lowest BCUT2D eigenvalue weighted by Gasteiger charge is -2.22. The minimum absolute atomic E-state index is 0.120. The smallest absolute Gasteiger partial charge is 0.316 e. The van der Waals surface area contributed by atoms with Gasteiger partial charge >= 0.3 is 5.69 Å². The summed E-state index contributed by atoms with van der Waals surface area (Å²) in [7, 11) is 0. The average Bonchev–Trinajstić information content (AvgIpc) is 3.29. The Morgan fingerprint density at radius 1 is 1.14 bits per heavy atom. The fourth-order valence-corrected chi connectivity index (χ4v) is 4.07. The third kappa shape index (κ3) is 3.38. The van der Waals surface area contributed by atoms with E-state index in [-0.39, 0.29) is 11.6 Å². The molecule has 5 rings (SSSR count). The van der Waals surface area contributed by atoms with E-state index >= 15 is 0 Å². The Kier molecular flexibility index (Phi) is 4.52. The maximum atomic E-state index is 13.3. The van der Waals surface area contributed by atoms with Crippen LogP contribution in [0.3, 0.4) is 0 Å². The van der Waals surface area contributed by atoms with Gasteiger partial charge in [0.1, 0.15) is 11.5 Å². The highest BCUT2D eigenvalue weighted by molar-refractivity contribution is 5.41. The zero-order valence-electron chi connectivity index (χ0n) is 16.5. The van der Waals surface area contributed by atoms with Gasteiger partial charge in [0.25, 0.3) is 0 Å². The van der Waals surface area contributed by atoms with Gasteiger partial charge in [0.2, 0.25) is 0 Å². The quantitative estimate of drug-likeness (QED) is 0.583. The summed E-state index contributed by atoms with van der Waals surface area (Å²) < 4.78 is 5.30. The maximum absolute atomic E-state index is 13.3. The summed E-state index contributed by atoms with van der Waals surface area (Å²) in [4.78, 5) is 18.0. The van der Waals surface area contributed by atoms with E-state index in [1.54, 1.807) is 9.25 Å². The Morgan fingerprint density at radius 3 is 2.79 bits per heavy atom. The van der Waals surface area contributed by atoms with Crippen molar-refractivity contribution in [1.82, 2.24) is 29.0 Å². The Bertz CT molecular complexity index is 1200. The largest absolute Gasteiger partial charge is 0.350 e. The molecule has 3 aromatic heterocycles. The van der Waals surface area contributed by atoms with Gasteiger partial charge in [0.05, 0.1) is 17.9 Å². The Labute approximate surface area is 168 Å². The van der Waals surface area contributed by atoms with Crippen LogP contribution in [0.5, 0.6) is 0 Å². The Morgan fingerprint density at radius 2 is 2.00 bits per heavy atom. The molecule has 1 saturated heterocycles. The molecule has 29 heavy (non-hydrogen) atoms. The minimum atomic E-state index is -0.120. The zero-order valence-corrected chi connectivity index (χ0v) is 16.5. The standard InChI is InChI=1S/C22H24N6O/c1-16-9-10-20-24-18(14-26(20)13-16)15-27-22(29)28(19-7-3-2-4-8-19)21(25-27)17-6-5-11-23-12-17/h2-4,7-10,13-14,17,23H,5-6,11-12,15H2,1H3. The molecule has 7 heteroatoms. The summed E-state index contributed by atoms with van der Waals surface area (Å²) in [6.45, 7) is 4.27. The molecule has 1 fully saturated rings. The predicted molar refractivity (Wildman–Crippen MR) is 112 cm³/mol. The number of pyridine rings is 1. The number of hydrogen-bond donors (Lipinski definition) is 1. The van der Waals surface area contributed by atoms with Gasteiger partial charge < -0.3 is 9.72 Å². The molecule has 0 amide bonds. The molecule has 0 spiro atoms. The lowest BCUT2D eigenvalue weighted by atomic mass is 9.99. The predicted octanol–water partition coefficient (Wildman–Crippen LogP) is 2.51. The number of nitrogens with one attached hydrogen (secondary N) is 1. The van der Waals surface area contributed by atoms with Crippen LogP contribution in [0.1, 0.15) is 35.8 Å². The van der Waals surface area contributed by atoms with E-state index in [2.05, 4.69) is 17.2 Å². The van der Waals surface area contributed by atoms with Crippen molar-refractivity contribution in [3.05, 3.63) is 82.4 Å². The van der Waals surface area contributed by atoms with Gasteiger partial charge in [-0.05, 0) is 50.1 Å². The summed E-state index contributed by atoms with van der Waals surface area (Å²) in [6.07, 6.45) is 6.13. The fourth-order valence-electron chi connectivity index (χ4n) is 4.07. The highest BCUT2D eigenvalue weighted by atomic mass is 16.2. The molecule has 1 aliphatic heterocycles. The number of aryl methyl sites for hydroxylation is 1. The maximum Gasteiger partial charge on any atom is 0.350 e. The van der Waals surface area contributed by atoms with E-state index in [0.29, 0.717) is 6.54 Å². The van der Waals surface area contributed by atoms with Crippen LogP contribution in [0.25, 0.3) is 11.3 Å². The van der Waals surface area contributed by atoms with Crippen LogP contribution in [-0.4, -0.2) is 36.8 Å². The number of para-hydroxylation sites is 1. The van der Waals surface area contributed by atoms with Crippen molar-refractivity contribution < 1.29 is 0 Å². The fraction of sp³-hybridized carbons (Fsp3) is 0.318. The number of aromatic nitrogens is 5. The molecule has 1 aliphatic rings. The van der Waals surface area contributed by atoms with Crippen LogP contribution in [0.4, 0.5) is 0 Å². The van der Waals surface area contributed by atoms with Gasteiger partial charge in [-0.15, -0.1) is 0 Å². The van der Waals surface area contributed by atoms with Gasteiger partial charge in [-0.1, -0.05) is 24.3 Å². The third-order valence-electron chi connectivity index (χ3n) is 5.50. The first-order chi connectivity index (χ1) is 14.2. The number of piperidine rings is 1. The second kappa shape index (κ2) is 7.33. The van der Waals surface area contributed by atoms with Crippen LogP contribution in [-0.2, 0) is 6.54 Å². The van der Waals surface area contributed by atoms with Crippen LogP contribution in [0.2, 0.25) is 0 Å². The van der Waals surface area contributed by atoms with Crippen LogP contribution < -0.4 is 11.0 Å². The molecule has 4 aromatic rings. The van der Waals surface area contributed by atoms with Gasteiger partial charge in [-0.25, -0.2) is 19.0 Å². The van der Waals surface area contributed by atoms with Crippen LogP contribution in [0, 0.1) is 6.92 Å². The van der Waals surface area contributed by atoms with Crippen molar-refractivity contribution in [2.24, 2.45) is 0 Å². The number of rotatable bonds is 4. The normalized spacial score (nSPS) is 17.1. The molecule has 1 N–H and O–H groups in total. The van der Waals surface area contributed by atoms with Crippen LogP contribution in [0.15, 0.2) is 59.7 Å². The highest BCUT2D eigenvalue weighted by Crippen LogP contribution is 2.23. The van der Waals surface area contributed by atoms with Gasteiger partial charge in [0.15, 0.2) is 0 Å². The number of imidazole rings is 1. The Hall–Kier alpha value is -3.19. The van der Waals surface area contributed by atoms with E-state index in [1.165, 1.54) is 5.56 Å². The van der Waals surface area contributed by atoms with Crippen molar-refractivity contribution in [2.45, 2.75) is 32.2 Å². The lowest BCUT2D eigenvalue weighted by Crippen LogP contribution is -2.31. The van der Waals surface area contributed by atoms with Crippen molar-refractivity contribution >= 4 is 5.65 Å². The molecule has 0 bridgehead atoms. The Balaban J connectivity index is 1.57. The summed E-state index contributed by atoms with van der Waals surface area (Å²) in [5.74, 6) is 1.05. The third-order valence-corrected chi connectivity index (χ3v) is 5.50. The van der Waals surface area contributed by atoms with E-state index in [4.69, 9.17) is 5.10 Å². The van der Waals surface area contributed by atoms with Gasteiger partial charge in [0, 0.05) is 24.9 Å². The van der Waals surface area contributed by atoms with E-state index in [1.807, 2.05) is 59.3 Å². The van der Waals surface area contributed by atoms with Gasteiger partial charge in [-0.2, -0.15) is 5.10 Å². The molecule has 1 atom stereocenters. The van der Waals surface area contributed by atoms with E-state index in [0.717, 1.165) is 48.8 Å². The SMILES string of the molecule is Cc1ccc2nc(Cn3nc(C4CCCNC4)n(-c4ccccc4)c3=O)cn2c1. The van der Waals surface area contributed by atoms with Gasteiger partial charge in [-0.3, -0.25) is 0 Å². The average molecular weight is 388 g/mol. The summed E-state index contributed by atoms with van der Waals surface area (Å²) in [5.41, 5.74) is 3.60. The summed E-state index contributed by atoms with van der Waals surface area (Å²) >= 11 is 0. The van der Waals surface area contributed by atoms with Crippen molar-refractivity contribution in [3.8, 4) is 5.69 Å². The number of nitrogens with zero attached hydrogens (tertiary/aromatic N) is 5. The topological polar surface area (TPSA) is 69.2 Å². The van der Waals surface area contributed by atoms with Crippen molar-refractivity contribution in [2.75, 3.05) is 13.1 Å². The zero-order chi connectivity index (χ0) is 19.8. The molecule has 0 aliphatic carbocycles. The van der Waals surface area contributed by atoms with Crippen molar-refractivity contribution in [1.29, 1.82) is 0 Å². The molecule has 4 heterocycles. The molecule has 0 saturated carbocycles. The molecule has 148 valence electrons. The molecular weight excluding hydrogens is 364 g/mol. The first-order valence-electron chi connectivity index (χ1n) is 10.1. The summed E-state index contributed by atoms with van der Waals surface area (Å²) in [6, 6.07) is 13.8. The first kappa shape index (κ1) is 17.9. The minimum Gasteiger partial charge on any atom is -0.316 e. The monoisotopic (exact) mass is 388 g/mol. The molecular formula is C22H24N6O. The molecule has 7 nitrogen and oxygen atoms in total. The second-order valence-electron chi connectivity index (χ2n) is 7.72. The molecule has 0 radical (unpaired) electrons. The first-order valence-corrected chi connectivity index (χ1v) is 10.1. The van der Waals surface area contributed by atoms with Crippen molar-refractivity contribution in [3.63, 3.8) is 0 Å². The second-order valence-corrected chi connectivity index (χ2v) is 7.72. The highest BCUT2D eigenvalue weighted by Gasteiger charge is 2.25.